The minimum Gasteiger partial charge on any atom is -0.493 e. The van der Waals surface area contributed by atoms with Crippen LogP contribution in [0.3, 0.4) is 0 Å². The van der Waals surface area contributed by atoms with Crippen LogP contribution in [0.25, 0.3) is 0 Å². The lowest BCUT2D eigenvalue weighted by Gasteiger charge is -2.16. The highest BCUT2D eigenvalue weighted by Crippen LogP contribution is 2.22. The summed E-state index contributed by atoms with van der Waals surface area (Å²) in [5, 5.41) is 3.29. The van der Waals surface area contributed by atoms with Gasteiger partial charge in [0.05, 0.1) is 12.7 Å². The monoisotopic (exact) mass is 295 g/mol. The second kappa shape index (κ2) is 8.35. The molecule has 0 aromatic heterocycles. The van der Waals surface area contributed by atoms with Crippen LogP contribution in [0.4, 0.5) is 4.39 Å². The van der Waals surface area contributed by atoms with Crippen LogP contribution < -0.4 is 10.1 Å². The zero-order chi connectivity index (χ0) is 15.1. The third-order valence-electron chi connectivity index (χ3n) is 3.87. The first kappa shape index (κ1) is 16.2. The van der Waals surface area contributed by atoms with Gasteiger partial charge < -0.3 is 14.8 Å². The Bertz CT molecular complexity index is 433. The summed E-state index contributed by atoms with van der Waals surface area (Å²) < 4.78 is 25.3. The predicted octanol–water partition coefficient (Wildman–Crippen LogP) is 3.83. The van der Waals surface area contributed by atoms with Crippen molar-refractivity contribution in [2.45, 2.75) is 51.7 Å². The van der Waals surface area contributed by atoms with Crippen LogP contribution >= 0.6 is 0 Å². The minimum absolute atomic E-state index is 0.0193. The van der Waals surface area contributed by atoms with Gasteiger partial charge in [-0.1, -0.05) is 13.0 Å². The van der Waals surface area contributed by atoms with Crippen molar-refractivity contribution in [2.75, 3.05) is 19.8 Å². The van der Waals surface area contributed by atoms with E-state index in [9.17, 15) is 4.39 Å². The number of ether oxygens (including phenoxy) is 2. The van der Waals surface area contributed by atoms with E-state index in [-0.39, 0.29) is 11.9 Å². The van der Waals surface area contributed by atoms with Gasteiger partial charge in [0.2, 0.25) is 0 Å². The van der Waals surface area contributed by atoms with Crippen molar-refractivity contribution in [3.8, 4) is 5.75 Å². The van der Waals surface area contributed by atoms with E-state index in [0.29, 0.717) is 24.0 Å². The summed E-state index contributed by atoms with van der Waals surface area (Å²) in [5.41, 5.74) is 0.690. The number of hydrogen-bond acceptors (Lipinski definition) is 3. The normalized spacial score (nSPS) is 19.7. The van der Waals surface area contributed by atoms with Crippen LogP contribution in [0.5, 0.6) is 5.75 Å². The maximum atomic E-state index is 14.1. The van der Waals surface area contributed by atoms with Gasteiger partial charge in [0.1, 0.15) is 11.6 Å². The molecule has 0 radical (unpaired) electrons. The van der Waals surface area contributed by atoms with Crippen molar-refractivity contribution in [1.82, 2.24) is 5.32 Å². The maximum absolute atomic E-state index is 14.1. The van der Waals surface area contributed by atoms with E-state index in [4.69, 9.17) is 9.47 Å². The molecule has 0 aliphatic carbocycles. The fourth-order valence-electron chi connectivity index (χ4n) is 2.60. The lowest BCUT2D eigenvalue weighted by atomic mass is 10.1. The van der Waals surface area contributed by atoms with Gasteiger partial charge in [-0.05, 0) is 38.8 Å². The molecule has 1 aliphatic heterocycles. The van der Waals surface area contributed by atoms with Gasteiger partial charge in [-0.2, -0.15) is 0 Å². The van der Waals surface area contributed by atoms with Crippen LogP contribution in [0, 0.1) is 5.82 Å². The first-order valence-electron chi connectivity index (χ1n) is 7.98. The zero-order valence-corrected chi connectivity index (χ0v) is 13.0. The average Bonchev–Trinajstić information content (AvgIpc) is 2.98. The molecule has 2 rings (SSSR count). The highest BCUT2D eigenvalue weighted by molar-refractivity contribution is 5.30. The van der Waals surface area contributed by atoms with Crippen molar-refractivity contribution >= 4 is 0 Å². The van der Waals surface area contributed by atoms with Crippen molar-refractivity contribution in [3.05, 3.63) is 29.6 Å². The summed E-state index contributed by atoms with van der Waals surface area (Å²) in [5.74, 6) is 0.387. The van der Waals surface area contributed by atoms with Gasteiger partial charge in [-0.15, -0.1) is 0 Å². The predicted molar refractivity (Wildman–Crippen MR) is 82.2 cm³/mol. The van der Waals surface area contributed by atoms with Crippen molar-refractivity contribution < 1.29 is 13.9 Å². The Morgan fingerprint density at radius 2 is 2.33 bits per heavy atom. The highest BCUT2D eigenvalue weighted by atomic mass is 19.1. The van der Waals surface area contributed by atoms with Gasteiger partial charge in [0.15, 0.2) is 0 Å². The summed E-state index contributed by atoms with van der Waals surface area (Å²) in [4.78, 5) is 0. The molecule has 4 heteroatoms. The minimum atomic E-state index is -0.208. The van der Waals surface area contributed by atoms with Gasteiger partial charge >= 0.3 is 0 Å². The van der Waals surface area contributed by atoms with Gasteiger partial charge in [0.25, 0.3) is 0 Å². The van der Waals surface area contributed by atoms with E-state index < -0.39 is 0 Å². The molecule has 0 saturated carbocycles. The fraction of sp³-hybridized carbons (Fsp3) is 0.647. The van der Waals surface area contributed by atoms with E-state index >= 15 is 0 Å². The summed E-state index contributed by atoms with van der Waals surface area (Å²) in [6.45, 7) is 6.40. The third-order valence-corrected chi connectivity index (χ3v) is 3.87. The summed E-state index contributed by atoms with van der Waals surface area (Å²) in [6.07, 6.45) is 4.47. The quantitative estimate of drug-likeness (QED) is 0.790. The smallest absolute Gasteiger partial charge is 0.131 e. The standard InChI is InChI=1S/C17H26FNO2/c1-3-9-19-13(2)16-7-6-15(12-17(16)18)21-11-8-14-5-4-10-20-14/h6-7,12-14,19H,3-5,8-11H2,1-2H3. The number of nitrogens with one attached hydrogen (secondary N) is 1. The molecule has 21 heavy (non-hydrogen) atoms. The molecule has 2 atom stereocenters. The number of halogens is 1. The zero-order valence-electron chi connectivity index (χ0n) is 13.0. The molecular formula is C17H26FNO2. The van der Waals surface area contributed by atoms with Crippen LogP contribution in [-0.4, -0.2) is 25.9 Å². The topological polar surface area (TPSA) is 30.5 Å². The van der Waals surface area contributed by atoms with Crippen LogP contribution in [-0.2, 0) is 4.74 Å². The first-order chi connectivity index (χ1) is 10.2. The van der Waals surface area contributed by atoms with E-state index in [1.165, 1.54) is 6.07 Å². The molecule has 118 valence electrons. The number of benzene rings is 1. The Morgan fingerprint density at radius 3 is 3.00 bits per heavy atom. The molecule has 1 fully saturated rings. The third kappa shape index (κ3) is 4.97. The second-order valence-electron chi connectivity index (χ2n) is 5.63. The maximum Gasteiger partial charge on any atom is 0.131 e. The second-order valence-corrected chi connectivity index (χ2v) is 5.63. The molecule has 1 saturated heterocycles. The SMILES string of the molecule is CCCNC(C)c1ccc(OCCC2CCCO2)cc1F. The Morgan fingerprint density at radius 1 is 1.48 bits per heavy atom. The lowest BCUT2D eigenvalue weighted by Crippen LogP contribution is -2.20. The van der Waals surface area contributed by atoms with Crippen LogP contribution in [0.2, 0.25) is 0 Å². The summed E-state index contributed by atoms with van der Waals surface area (Å²) in [7, 11) is 0. The van der Waals surface area contributed by atoms with E-state index in [0.717, 1.165) is 38.8 Å². The molecule has 3 nitrogen and oxygen atoms in total. The first-order valence-corrected chi connectivity index (χ1v) is 7.98. The molecule has 0 spiro atoms. The van der Waals surface area contributed by atoms with E-state index in [1.807, 2.05) is 19.1 Å². The average molecular weight is 295 g/mol. The van der Waals surface area contributed by atoms with E-state index in [1.54, 1.807) is 0 Å². The van der Waals surface area contributed by atoms with Crippen molar-refractivity contribution in [2.24, 2.45) is 0 Å². The molecule has 1 heterocycles. The van der Waals surface area contributed by atoms with E-state index in [2.05, 4.69) is 12.2 Å². The Labute approximate surface area is 126 Å². The summed E-state index contributed by atoms with van der Waals surface area (Å²) in [6, 6.07) is 5.16. The highest BCUT2D eigenvalue weighted by Gasteiger charge is 2.15. The van der Waals surface area contributed by atoms with Gasteiger partial charge in [-0.25, -0.2) is 4.39 Å². The number of rotatable bonds is 8. The number of hydrogen-bond donors (Lipinski definition) is 1. The molecule has 1 aliphatic rings. The molecule has 1 aromatic carbocycles. The Kier molecular flexibility index (Phi) is 6.46. The van der Waals surface area contributed by atoms with Gasteiger partial charge in [-0.3, -0.25) is 0 Å². The van der Waals surface area contributed by atoms with Gasteiger partial charge in [0, 0.05) is 30.7 Å². The molecule has 1 N–H and O–H groups in total. The Balaban J connectivity index is 1.83. The summed E-state index contributed by atoms with van der Waals surface area (Å²) >= 11 is 0. The molecule has 2 unspecified atom stereocenters. The fourth-order valence-corrected chi connectivity index (χ4v) is 2.60. The van der Waals surface area contributed by atoms with Crippen LogP contribution in [0.1, 0.15) is 51.1 Å². The molecule has 0 bridgehead atoms. The molecular weight excluding hydrogens is 269 g/mol. The lowest BCUT2D eigenvalue weighted by molar-refractivity contribution is 0.0903. The van der Waals surface area contributed by atoms with Crippen molar-refractivity contribution in [3.63, 3.8) is 0 Å². The molecule has 1 aromatic rings. The Hall–Kier alpha value is -1.13. The molecule has 0 amide bonds. The van der Waals surface area contributed by atoms with Crippen molar-refractivity contribution in [1.29, 1.82) is 0 Å². The largest absolute Gasteiger partial charge is 0.493 e. The van der Waals surface area contributed by atoms with Crippen LogP contribution in [0.15, 0.2) is 18.2 Å².